The summed E-state index contributed by atoms with van der Waals surface area (Å²) in [6.45, 7) is 8.09. The van der Waals surface area contributed by atoms with E-state index in [9.17, 15) is 14.4 Å². The van der Waals surface area contributed by atoms with Crippen molar-refractivity contribution in [3.05, 3.63) is 53.7 Å². The number of imide groups is 1. The van der Waals surface area contributed by atoms with E-state index in [1.165, 1.54) is 5.56 Å². The fourth-order valence-corrected chi connectivity index (χ4v) is 5.19. The maximum atomic E-state index is 13.3. The molecule has 1 unspecified atom stereocenters. The molecule has 0 aromatic heterocycles. The zero-order chi connectivity index (χ0) is 21.0. The van der Waals surface area contributed by atoms with Crippen molar-refractivity contribution in [1.29, 1.82) is 0 Å². The second kappa shape index (κ2) is 6.97. The van der Waals surface area contributed by atoms with E-state index < -0.39 is 11.9 Å². The molecule has 3 amide bonds. The molecule has 2 saturated heterocycles. The second-order valence-electron chi connectivity index (χ2n) is 8.54. The van der Waals surface area contributed by atoms with Crippen LogP contribution in [0.15, 0.2) is 42.6 Å². The van der Waals surface area contributed by atoms with Gasteiger partial charge in [-0.3, -0.25) is 24.6 Å². The number of hydrogen-bond donors (Lipinski definition) is 1. The molecule has 30 heavy (non-hydrogen) atoms. The lowest BCUT2D eigenvalue weighted by Gasteiger charge is -2.34. The number of benzene rings is 2. The van der Waals surface area contributed by atoms with E-state index in [0.717, 1.165) is 48.1 Å². The number of amides is 3. The largest absolute Gasteiger partial charge is 0.375 e. The Morgan fingerprint density at radius 2 is 1.83 bits per heavy atom. The van der Waals surface area contributed by atoms with Crippen molar-refractivity contribution in [1.82, 2.24) is 10.2 Å². The molecule has 2 aromatic rings. The topological polar surface area (TPSA) is 69.7 Å². The van der Waals surface area contributed by atoms with E-state index in [0.29, 0.717) is 17.9 Å². The maximum Gasteiger partial charge on any atom is 0.259 e. The van der Waals surface area contributed by atoms with Gasteiger partial charge in [0, 0.05) is 36.2 Å². The van der Waals surface area contributed by atoms with Crippen LogP contribution in [0.4, 0.5) is 5.69 Å². The van der Waals surface area contributed by atoms with E-state index in [1.54, 1.807) is 4.90 Å². The molecule has 0 radical (unpaired) electrons. The molecule has 154 valence electrons. The van der Waals surface area contributed by atoms with Gasteiger partial charge < -0.3 is 4.90 Å². The summed E-state index contributed by atoms with van der Waals surface area (Å²) in [6, 6.07) is 9.33. The highest BCUT2D eigenvalue weighted by Gasteiger charge is 2.41. The van der Waals surface area contributed by atoms with Crippen molar-refractivity contribution in [2.45, 2.75) is 44.6 Å². The van der Waals surface area contributed by atoms with Crippen molar-refractivity contribution in [3.63, 3.8) is 0 Å². The minimum absolute atomic E-state index is 0.153. The Bertz CT molecular complexity index is 1100. The molecule has 2 aromatic carbocycles. The van der Waals surface area contributed by atoms with Crippen LogP contribution >= 0.6 is 0 Å². The van der Waals surface area contributed by atoms with Gasteiger partial charge in [0.15, 0.2) is 0 Å². The molecule has 0 bridgehead atoms. The molecular weight excluding hydrogens is 378 g/mol. The number of anilines is 1. The molecule has 1 N–H and O–H groups in total. The fourth-order valence-electron chi connectivity index (χ4n) is 5.19. The molecule has 3 aliphatic rings. The van der Waals surface area contributed by atoms with Crippen LogP contribution in [0, 0.1) is 0 Å². The van der Waals surface area contributed by atoms with Gasteiger partial charge >= 0.3 is 0 Å². The summed E-state index contributed by atoms with van der Waals surface area (Å²) in [4.78, 5) is 41.2. The third-order valence-corrected chi connectivity index (χ3v) is 6.76. The molecule has 2 fully saturated rings. The Morgan fingerprint density at radius 1 is 1.07 bits per heavy atom. The van der Waals surface area contributed by atoms with Crippen LogP contribution in [0.1, 0.15) is 54.4 Å². The predicted octanol–water partition coefficient (Wildman–Crippen LogP) is 3.32. The second-order valence-corrected chi connectivity index (χ2v) is 8.54. The molecule has 6 nitrogen and oxygen atoms in total. The Morgan fingerprint density at radius 3 is 2.53 bits per heavy atom. The third-order valence-electron chi connectivity index (χ3n) is 6.76. The first-order valence-electron chi connectivity index (χ1n) is 10.6. The maximum absolute atomic E-state index is 13.3. The molecule has 0 aliphatic carbocycles. The minimum Gasteiger partial charge on any atom is -0.375 e. The molecule has 3 aliphatic heterocycles. The van der Waals surface area contributed by atoms with Crippen molar-refractivity contribution in [2.24, 2.45) is 0 Å². The average molecular weight is 403 g/mol. The minimum atomic E-state index is -0.643. The van der Waals surface area contributed by atoms with Crippen LogP contribution in [-0.2, 0) is 9.59 Å². The molecule has 6 heteroatoms. The van der Waals surface area contributed by atoms with Gasteiger partial charge in [-0.1, -0.05) is 24.8 Å². The molecule has 0 saturated carbocycles. The van der Waals surface area contributed by atoms with E-state index in [4.69, 9.17) is 0 Å². The van der Waals surface area contributed by atoms with Crippen LogP contribution in [0.2, 0.25) is 0 Å². The first-order chi connectivity index (χ1) is 14.5. The smallest absolute Gasteiger partial charge is 0.259 e. The van der Waals surface area contributed by atoms with E-state index in [2.05, 4.69) is 35.9 Å². The van der Waals surface area contributed by atoms with Gasteiger partial charge in [-0.2, -0.15) is 0 Å². The summed E-state index contributed by atoms with van der Waals surface area (Å²) in [5, 5.41) is 4.41. The lowest BCUT2D eigenvalue weighted by atomic mass is 9.85. The molecule has 1 atom stereocenters. The standard InChI is InChI=1S/C24H25N3O3/c1-14(2)26-12-10-15(11-13-26)16-6-7-19-22-17(16)4-3-5-18(22)24(30)27(19)20-8-9-21(28)25-23(20)29/h3-7,15,20H,1,8-13H2,2H3,(H,25,28,29). The van der Waals surface area contributed by atoms with Crippen LogP contribution < -0.4 is 10.2 Å². The van der Waals surface area contributed by atoms with Crippen molar-refractivity contribution in [2.75, 3.05) is 18.0 Å². The van der Waals surface area contributed by atoms with Crippen LogP contribution in [-0.4, -0.2) is 41.8 Å². The van der Waals surface area contributed by atoms with Gasteiger partial charge in [0.2, 0.25) is 11.8 Å². The molecule has 3 heterocycles. The number of carbonyl (C=O) groups excluding carboxylic acids is 3. The zero-order valence-corrected chi connectivity index (χ0v) is 17.1. The predicted molar refractivity (Wildman–Crippen MR) is 115 cm³/mol. The SMILES string of the molecule is C=C(C)N1CCC(c2ccc3c4c(cccc24)C(=O)N3C2CCC(=O)NC2=O)CC1. The lowest BCUT2D eigenvalue weighted by molar-refractivity contribution is -0.134. The first kappa shape index (κ1) is 18.9. The van der Waals surface area contributed by atoms with Crippen LogP contribution in [0.25, 0.3) is 10.8 Å². The Hall–Kier alpha value is -3.15. The van der Waals surface area contributed by atoms with Crippen LogP contribution in [0.5, 0.6) is 0 Å². The summed E-state index contributed by atoms with van der Waals surface area (Å²) in [6.07, 6.45) is 2.71. The van der Waals surface area contributed by atoms with Gasteiger partial charge in [0.1, 0.15) is 6.04 Å². The summed E-state index contributed by atoms with van der Waals surface area (Å²) >= 11 is 0. The summed E-state index contributed by atoms with van der Waals surface area (Å²) in [5.41, 5.74) is 3.81. The fraction of sp³-hybridized carbons (Fsp3) is 0.375. The number of rotatable bonds is 3. The summed E-state index contributed by atoms with van der Waals surface area (Å²) in [5.74, 6) is -0.386. The number of nitrogens with zero attached hydrogens (tertiary/aromatic N) is 2. The van der Waals surface area contributed by atoms with Gasteiger partial charge in [-0.15, -0.1) is 0 Å². The van der Waals surface area contributed by atoms with Crippen LogP contribution in [0.3, 0.4) is 0 Å². The summed E-state index contributed by atoms with van der Waals surface area (Å²) in [7, 11) is 0. The highest BCUT2D eigenvalue weighted by atomic mass is 16.2. The molecule has 0 spiro atoms. The van der Waals surface area contributed by atoms with Gasteiger partial charge in [0.05, 0.1) is 5.69 Å². The first-order valence-corrected chi connectivity index (χ1v) is 10.6. The third kappa shape index (κ3) is 2.82. The van der Waals surface area contributed by atoms with Crippen molar-refractivity contribution in [3.8, 4) is 0 Å². The van der Waals surface area contributed by atoms with Gasteiger partial charge in [0.25, 0.3) is 5.91 Å². The van der Waals surface area contributed by atoms with E-state index >= 15 is 0 Å². The van der Waals surface area contributed by atoms with E-state index in [1.807, 2.05) is 18.2 Å². The van der Waals surface area contributed by atoms with E-state index in [-0.39, 0.29) is 18.2 Å². The van der Waals surface area contributed by atoms with Gasteiger partial charge in [-0.25, -0.2) is 0 Å². The Labute approximate surface area is 175 Å². The number of likely N-dealkylation sites (tertiary alicyclic amines) is 1. The lowest BCUT2D eigenvalue weighted by Crippen LogP contribution is -2.53. The van der Waals surface area contributed by atoms with Gasteiger partial charge in [-0.05, 0) is 55.2 Å². The number of hydrogen-bond acceptors (Lipinski definition) is 4. The van der Waals surface area contributed by atoms with Crippen molar-refractivity contribution < 1.29 is 14.4 Å². The number of piperidine rings is 2. The summed E-state index contributed by atoms with van der Waals surface area (Å²) < 4.78 is 0. The monoisotopic (exact) mass is 403 g/mol. The highest BCUT2D eigenvalue weighted by Crippen LogP contribution is 2.44. The number of carbonyl (C=O) groups is 3. The van der Waals surface area contributed by atoms with Crippen molar-refractivity contribution >= 4 is 34.2 Å². The Kier molecular flexibility index (Phi) is 4.38. The number of nitrogens with one attached hydrogen (secondary N) is 1. The zero-order valence-electron chi connectivity index (χ0n) is 17.1. The highest BCUT2D eigenvalue weighted by molar-refractivity contribution is 6.27. The molecular formula is C24H25N3O3. The Balaban J connectivity index is 1.53. The molecule has 5 rings (SSSR count). The average Bonchev–Trinajstić information content (AvgIpc) is 3.02. The quantitative estimate of drug-likeness (QED) is 0.799. The number of allylic oxidation sites excluding steroid dienone is 1. The normalized spacial score (nSPS) is 22.0.